The van der Waals surface area contributed by atoms with Gasteiger partial charge in [0.2, 0.25) is 0 Å². The molecule has 0 saturated carbocycles. The molecule has 2 heterocycles. The highest BCUT2D eigenvalue weighted by Crippen LogP contribution is 2.44. The van der Waals surface area contributed by atoms with Crippen LogP contribution in [0.15, 0.2) is 24.3 Å². The van der Waals surface area contributed by atoms with Crippen LogP contribution in [0.2, 0.25) is 0 Å². The second-order valence-electron chi connectivity index (χ2n) is 4.67. The summed E-state index contributed by atoms with van der Waals surface area (Å²) in [5.41, 5.74) is 0.657. The van der Waals surface area contributed by atoms with Crippen LogP contribution < -0.4 is 0 Å². The van der Waals surface area contributed by atoms with Crippen LogP contribution in [-0.4, -0.2) is 26.4 Å². The van der Waals surface area contributed by atoms with Gasteiger partial charge in [0.05, 0.1) is 19.8 Å². The van der Waals surface area contributed by atoms with Crippen molar-refractivity contribution in [2.45, 2.75) is 11.8 Å². The molecule has 16 heavy (non-hydrogen) atoms. The highest BCUT2D eigenvalue weighted by Gasteiger charge is 2.48. The zero-order chi connectivity index (χ0) is 11.0. The van der Waals surface area contributed by atoms with E-state index in [4.69, 9.17) is 9.47 Å². The predicted molar refractivity (Wildman–Crippen MR) is 57.8 cm³/mol. The molecule has 0 aromatic heterocycles. The molecule has 0 aliphatic carbocycles. The molecule has 0 amide bonds. The molecule has 3 rings (SSSR count). The van der Waals surface area contributed by atoms with Crippen molar-refractivity contribution in [1.82, 2.24) is 0 Å². The molecule has 1 aromatic rings. The average molecular weight is 222 g/mol. The van der Waals surface area contributed by atoms with E-state index in [-0.39, 0.29) is 11.2 Å². The maximum absolute atomic E-state index is 13.9. The molecule has 0 unspecified atom stereocenters. The zero-order valence-corrected chi connectivity index (χ0v) is 9.12. The number of benzene rings is 1. The Labute approximate surface area is 94.4 Å². The van der Waals surface area contributed by atoms with Crippen LogP contribution in [0, 0.1) is 11.7 Å². The first-order valence-electron chi connectivity index (χ1n) is 5.73. The quantitative estimate of drug-likeness (QED) is 0.724. The normalized spacial score (nSPS) is 33.7. The molecular weight excluding hydrogens is 207 g/mol. The van der Waals surface area contributed by atoms with Gasteiger partial charge in [-0.05, 0) is 18.1 Å². The molecule has 86 valence electrons. The molecule has 2 saturated heterocycles. The van der Waals surface area contributed by atoms with Crippen molar-refractivity contribution in [2.75, 3.05) is 26.4 Å². The molecule has 0 radical (unpaired) electrons. The molecule has 0 bridgehead atoms. The van der Waals surface area contributed by atoms with Crippen molar-refractivity contribution in [3.05, 3.63) is 35.6 Å². The summed E-state index contributed by atoms with van der Waals surface area (Å²) < 4.78 is 24.9. The third-order valence-electron chi connectivity index (χ3n) is 3.88. The third kappa shape index (κ3) is 1.39. The summed E-state index contributed by atoms with van der Waals surface area (Å²) in [6, 6.07) is 7.06. The summed E-state index contributed by atoms with van der Waals surface area (Å²) in [5.74, 6) is 0.193. The van der Waals surface area contributed by atoms with Crippen LogP contribution >= 0.6 is 0 Å². The van der Waals surface area contributed by atoms with Crippen molar-refractivity contribution in [3.63, 3.8) is 0 Å². The van der Waals surface area contributed by atoms with Gasteiger partial charge >= 0.3 is 0 Å². The number of rotatable bonds is 1. The molecule has 2 nitrogen and oxygen atoms in total. The highest BCUT2D eigenvalue weighted by molar-refractivity contribution is 5.30. The first-order valence-corrected chi connectivity index (χ1v) is 5.73. The second-order valence-corrected chi connectivity index (χ2v) is 4.67. The summed E-state index contributed by atoms with van der Waals surface area (Å²) in [4.78, 5) is 0. The summed E-state index contributed by atoms with van der Waals surface area (Å²) >= 11 is 0. The summed E-state index contributed by atoms with van der Waals surface area (Å²) in [6.45, 7) is 2.71. The van der Waals surface area contributed by atoms with E-state index >= 15 is 0 Å². The van der Waals surface area contributed by atoms with E-state index in [1.807, 2.05) is 12.1 Å². The minimum absolute atomic E-state index is 0.111. The van der Waals surface area contributed by atoms with Gasteiger partial charge in [-0.2, -0.15) is 0 Å². The fourth-order valence-electron chi connectivity index (χ4n) is 2.92. The first-order chi connectivity index (χ1) is 7.83. The van der Waals surface area contributed by atoms with E-state index in [0.29, 0.717) is 32.3 Å². The summed E-state index contributed by atoms with van der Waals surface area (Å²) in [5, 5.41) is 0. The van der Waals surface area contributed by atoms with E-state index in [0.717, 1.165) is 12.0 Å². The molecule has 0 spiro atoms. The number of hydrogen-bond acceptors (Lipinski definition) is 2. The Morgan fingerprint density at radius 2 is 2.00 bits per heavy atom. The van der Waals surface area contributed by atoms with Gasteiger partial charge in [-0.3, -0.25) is 0 Å². The smallest absolute Gasteiger partial charge is 0.127 e. The lowest BCUT2D eigenvalue weighted by Crippen LogP contribution is -2.42. The Morgan fingerprint density at radius 1 is 1.19 bits per heavy atom. The Kier molecular flexibility index (Phi) is 2.45. The van der Waals surface area contributed by atoms with Crippen LogP contribution in [0.3, 0.4) is 0 Å². The van der Waals surface area contributed by atoms with Gasteiger partial charge in [0, 0.05) is 17.9 Å². The lowest BCUT2D eigenvalue weighted by molar-refractivity contribution is 0.0193. The number of halogens is 1. The van der Waals surface area contributed by atoms with Crippen LogP contribution in [0.25, 0.3) is 0 Å². The third-order valence-corrected chi connectivity index (χ3v) is 3.88. The monoisotopic (exact) mass is 222 g/mol. The number of fused-ring (bicyclic) bond motifs is 1. The van der Waals surface area contributed by atoms with Gasteiger partial charge in [-0.25, -0.2) is 4.39 Å². The molecule has 2 atom stereocenters. The van der Waals surface area contributed by atoms with E-state index in [1.54, 1.807) is 6.07 Å². The van der Waals surface area contributed by atoms with E-state index in [9.17, 15) is 4.39 Å². The molecule has 2 fully saturated rings. The summed E-state index contributed by atoms with van der Waals surface area (Å²) in [6.07, 6.45) is 0.860. The molecule has 2 aliphatic heterocycles. The lowest BCUT2D eigenvalue weighted by atomic mass is 9.69. The molecule has 0 N–H and O–H groups in total. The SMILES string of the molecule is Fc1ccccc1[C@]12CCOC[C@H]1COC2. The van der Waals surface area contributed by atoms with E-state index < -0.39 is 0 Å². The maximum Gasteiger partial charge on any atom is 0.127 e. The molecule has 3 heteroatoms. The molecule has 2 aliphatic rings. The van der Waals surface area contributed by atoms with Crippen LogP contribution in [-0.2, 0) is 14.9 Å². The lowest BCUT2D eigenvalue weighted by Gasteiger charge is -2.38. The standard InChI is InChI=1S/C13H15FO2/c14-12-4-2-1-3-11(12)13-5-6-15-7-10(13)8-16-9-13/h1-4,10H,5-9H2/t10-,13-/m0/s1. The van der Waals surface area contributed by atoms with Crippen molar-refractivity contribution in [1.29, 1.82) is 0 Å². The van der Waals surface area contributed by atoms with Gasteiger partial charge in [0.1, 0.15) is 5.82 Å². The van der Waals surface area contributed by atoms with Gasteiger partial charge in [-0.15, -0.1) is 0 Å². The van der Waals surface area contributed by atoms with Crippen LogP contribution in [0.5, 0.6) is 0 Å². The van der Waals surface area contributed by atoms with Gasteiger partial charge in [0.25, 0.3) is 0 Å². The Bertz CT molecular complexity index is 393. The largest absolute Gasteiger partial charge is 0.381 e. The zero-order valence-electron chi connectivity index (χ0n) is 9.12. The van der Waals surface area contributed by atoms with Crippen molar-refractivity contribution in [2.24, 2.45) is 5.92 Å². The fourth-order valence-corrected chi connectivity index (χ4v) is 2.92. The van der Waals surface area contributed by atoms with Crippen molar-refractivity contribution >= 4 is 0 Å². The topological polar surface area (TPSA) is 18.5 Å². The second kappa shape index (κ2) is 3.82. The highest BCUT2D eigenvalue weighted by atomic mass is 19.1. The minimum Gasteiger partial charge on any atom is -0.381 e. The molecular formula is C13H15FO2. The average Bonchev–Trinajstić information content (AvgIpc) is 2.74. The Hall–Kier alpha value is -0.930. The number of ether oxygens (including phenoxy) is 2. The Balaban J connectivity index is 2.05. The van der Waals surface area contributed by atoms with Gasteiger partial charge in [0.15, 0.2) is 0 Å². The first kappa shape index (κ1) is 10.2. The van der Waals surface area contributed by atoms with Gasteiger partial charge in [-0.1, -0.05) is 18.2 Å². The predicted octanol–water partition coefficient (Wildman–Crippen LogP) is 2.13. The molecule has 1 aromatic carbocycles. The van der Waals surface area contributed by atoms with Crippen LogP contribution in [0.4, 0.5) is 4.39 Å². The van der Waals surface area contributed by atoms with Crippen LogP contribution in [0.1, 0.15) is 12.0 Å². The van der Waals surface area contributed by atoms with Crippen molar-refractivity contribution < 1.29 is 13.9 Å². The van der Waals surface area contributed by atoms with Gasteiger partial charge < -0.3 is 9.47 Å². The van der Waals surface area contributed by atoms with Crippen molar-refractivity contribution in [3.8, 4) is 0 Å². The summed E-state index contributed by atoms with van der Waals surface area (Å²) in [7, 11) is 0. The maximum atomic E-state index is 13.9. The fraction of sp³-hybridized carbons (Fsp3) is 0.538. The minimum atomic E-state index is -0.149. The number of hydrogen-bond donors (Lipinski definition) is 0. The van der Waals surface area contributed by atoms with E-state index in [1.165, 1.54) is 6.07 Å². The van der Waals surface area contributed by atoms with E-state index in [2.05, 4.69) is 0 Å². The Morgan fingerprint density at radius 3 is 2.88 bits per heavy atom.